The van der Waals surface area contributed by atoms with Crippen LogP contribution in [0.15, 0.2) is 47.3 Å². The van der Waals surface area contributed by atoms with Crippen molar-refractivity contribution in [1.29, 1.82) is 0 Å². The number of nitrogens with one attached hydrogen (secondary N) is 1. The Morgan fingerprint density at radius 3 is 2.80 bits per heavy atom. The van der Waals surface area contributed by atoms with E-state index in [1.807, 2.05) is 0 Å². The molecule has 0 aliphatic heterocycles. The number of ether oxygens (including phenoxy) is 1. The van der Waals surface area contributed by atoms with Crippen LogP contribution in [0.25, 0.3) is 10.9 Å². The molecule has 0 fully saturated rings. The Balaban J connectivity index is 2.08. The number of nitrogen functional groups attached to an aromatic ring is 1. The Morgan fingerprint density at radius 2 is 2.00 bits per heavy atom. The number of rotatable bonds is 2. The molecule has 0 atom stereocenters. The zero-order valence-electron chi connectivity index (χ0n) is 10.3. The van der Waals surface area contributed by atoms with E-state index in [-0.39, 0.29) is 11.6 Å². The first kappa shape index (κ1) is 12.5. The number of halogens is 1. The molecule has 3 N–H and O–H groups in total. The lowest BCUT2D eigenvalue weighted by Crippen LogP contribution is -2.09. The van der Waals surface area contributed by atoms with Gasteiger partial charge in [0.2, 0.25) is 0 Å². The van der Waals surface area contributed by atoms with Gasteiger partial charge in [0.1, 0.15) is 5.75 Å². The van der Waals surface area contributed by atoms with Crippen LogP contribution in [0.2, 0.25) is 5.02 Å². The van der Waals surface area contributed by atoms with Crippen molar-refractivity contribution in [2.75, 3.05) is 5.73 Å². The van der Waals surface area contributed by atoms with Crippen LogP contribution in [0.4, 0.5) is 5.69 Å². The lowest BCUT2D eigenvalue weighted by molar-refractivity contribution is 0.443. The van der Waals surface area contributed by atoms with Gasteiger partial charge in [0.25, 0.3) is 5.56 Å². The molecule has 20 heavy (non-hydrogen) atoms. The van der Waals surface area contributed by atoms with Crippen molar-refractivity contribution in [2.45, 2.75) is 0 Å². The highest BCUT2D eigenvalue weighted by atomic mass is 35.5. The summed E-state index contributed by atoms with van der Waals surface area (Å²) in [7, 11) is 0. The second-order valence-corrected chi connectivity index (χ2v) is 4.59. The first-order chi connectivity index (χ1) is 9.63. The highest BCUT2D eigenvalue weighted by molar-refractivity contribution is 6.32. The van der Waals surface area contributed by atoms with Crippen molar-refractivity contribution in [3.05, 3.63) is 57.8 Å². The van der Waals surface area contributed by atoms with Crippen LogP contribution in [-0.4, -0.2) is 9.97 Å². The normalized spacial score (nSPS) is 10.7. The minimum atomic E-state index is -0.315. The summed E-state index contributed by atoms with van der Waals surface area (Å²) in [5.41, 5.74) is 6.34. The number of H-pyrrole nitrogens is 1. The van der Waals surface area contributed by atoms with Gasteiger partial charge in [0, 0.05) is 5.69 Å². The monoisotopic (exact) mass is 287 g/mol. The van der Waals surface area contributed by atoms with Crippen LogP contribution in [0, 0.1) is 0 Å². The molecule has 0 saturated carbocycles. The Labute approximate surface area is 119 Å². The summed E-state index contributed by atoms with van der Waals surface area (Å²) < 4.78 is 5.50. The zero-order chi connectivity index (χ0) is 14.1. The average molecular weight is 288 g/mol. The van der Waals surface area contributed by atoms with Gasteiger partial charge in [-0.25, -0.2) is 0 Å². The third-order valence-corrected chi connectivity index (χ3v) is 3.06. The van der Waals surface area contributed by atoms with E-state index in [0.29, 0.717) is 27.4 Å². The molecule has 0 unspecified atom stereocenters. The summed E-state index contributed by atoms with van der Waals surface area (Å²) in [5, 5.41) is 0.851. The molecule has 6 heteroatoms. The number of aromatic amines is 1. The second kappa shape index (κ2) is 4.86. The van der Waals surface area contributed by atoms with E-state index in [4.69, 9.17) is 22.1 Å². The second-order valence-electron chi connectivity index (χ2n) is 4.18. The Kier molecular flexibility index (Phi) is 3.04. The van der Waals surface area contributed by atoms with Gasteiger partial charge in [-0.2, -0.15) is 4.98 Å². The summed E-state index contributed by atoms with van der Waals surface area (Å²) in [5.74, 6) is 0.423. The molecule has 3 rings (SSSR count). The van der Waals surface area contributed by atoms with E-state index in [1.165, 1.54) is 0 Å². The molecule has 0 spiro atoms. The van der Waals surface area contributed by atoms with Crippen molar-refractivity contribution in [1.82, 2.24) is 9.97 Å². The van der Waals surface area contributed by atoms with Gasteiger partial charge in [0.15, 0.2) is 0 Å². The van der Waals surface area contributed by atoms with E-state index in [1.54, 1.807) is 42.5 Å². The molecule has 3 aromatic rings. The average Bonchev–Trinajstić information content (AvgIpc) is 2.42. The molecule has 0 saturated heterocycles. The van der Waals surface area contributed by atoms with Crippen LogP contribution in [0.3, 0.4) is 0 Å². The molecule has 0 aliphatic rings. The largest absolute Gasteiger partial charge is 0.424 e. The molecule has 100 valence electrons. The predicted molar refractivity (Wildman–Crippen MR) is 78.3 cm³/mol. The number of hydrogen-bond donors (Lipinski definition) is 2. The van der Waals surface area contributed by atoms with Gasteiger partial charge in [-0.15, -0.1) is 0 Å². The van der Waals surface area contributed by atoms with E-state index in [9.17, 15) is 4.79 Å². The summed E-state index contributed by atoms with van der Waals surface area (Å²) >= 11 is 5.99. The van der Waals surface area contributed by atoms with Crippen molar-refractivity contribution in [3.8, 4) is 11.8 Å². The zero-order valence-corrected chi connectivity index (χ0v) is 11.0. The number of fused-ring (bicyclic) bond motifs is 1. The fraction of sp³-hybridized carbons (Fsp3) is 0. The van der Waals surface area contributed by atoms with Crippen LogP contribution < -0.4 is 16.0 Å². The maximum absolute atomic E-state index is 12.0. The van der Waals surface area contributed by atoms with E-state index in [0.717, 1.165) is 0 Å². The van der Waals surface area contributed by atoms with Gasteiger partial charge in [-0.05, 0) is 30.3 Å². The molecule has 0 amide bonds. The third kappa shape index (κ3) is 2.31. The van der Waals surface area contributed by atoms with Crippen LogP contribution in [-0.2, 0) is 0 Å². The molecular formula is C14H10ClN3O2. The molecule has 5 nitrogen and oxygen atoms in total. The topological polar surface area (TPSA) is 81.0 Å². The minimum absolute atomic E-state index is 0.0837. The minimum Gasteiger partial charge on any atom is -0.424 e. The standard InChI is InChI=1S/C14H10ClN3O2/c15-10-3-1-2-4-12(10)20-14-17-11-6-5-8(16)7-9(11)13(19)18-14/h1-7H,16H2,(H,17,18,19). The number of anilines is 1. The fourth-order valence-corrected chi connectivity index (χ4v) is 1.99. The molecule has 0 aliphatic carbocycles. The molecule has 2 aromatic carbocycles. The maximum Gasteiger partial charge on any atom is 0.302 e. The molecule has 1 heterocycles. The number of aromatic nitrogens is 2. The van der Waals surface area contributed by atoms with Gasteiger partial charge >= 0.3 is 6.01 Å². The Bertz CT molecular complexity index is 845. The third-order valence-electron chi connectivity index (χ3n) is 2.75. The van der Waals surface area contributed by atoms with Gasteiger partial charge < -0.3 is 10.5 Å². The van der Waals surface area contributed by atoms with Crippen molar-refractivity contribution in [2.24, 2.45) is 0 Å². The number of nitrogens with two attached hydrogens (primary N) is 1. The summed E-state index contributed by atoms with van der Waals surface area (Å²) in [4.78, 5) is 18.7. The molecular weight excluding hydrogens is 278 g/mol. The van der Waals surface area contributed by atoms with Gasteiger partial charge in [-0.1, -0.05) is 23.7 Å². The molecule has 0 radical (unpaired) electrons. The summed E-state index contributed by atoms with van der Waals surface area (Å²) in [6.07, 6.45) is 0. The first-order valence-corrected chi connectivity index (χ1v) is 6.23. The summed E-state index contributed by atoms with van der Waals surface area (Å²) in [6.45, 7) is 0. The molecule has 1 aromatic heterocycles. The number of nitrogens with zero attached hydrogens (tertiary/aromatic N) is 1. The van der Waals surface area contributed by atoms with Crippen molar-refractivity contribution >= 4 is 28.2 Å². The van der Waals surface area contributed by atoms with E-state index < -0.39 is 0 Å². The van der Waals surface area contributed by atoms with E-state index >= 15 is 0 Å². The maximum atomic E-state index is 12.0. The fourth-order valence-electron chi connectivity index (χ4n) is 1.81. The lowest BCUT2D eigenvalue weighted by atomic mass is 10.2. The number of benzene rings is 2. The quantitative estimate of drug-likeness (QED) is 0.710. The predicted octanol–water partition coefficient (Wildman–Crippen LogP) is 2.95. The van der Waals surface area contributed by atoms with Crippen molar-refractivity contribution in [3.63, 3.8) is 0 Å². The smallest absolute Gasteiger partial charge is 0.302 e. The molecule has 0 bridgehead atoms. The highest BCUT2D eigenvalue weighted by Crippen LogP contribution is 2.27. The van der Waals surface area contributed by atoms with Crippen LogP contribution in [0.5, 0.6) is 11.8 Å². The summed E-state index contributed by atoms with van der Waals surface area (Å²) in [6, 6.07) is 11.9. The van der Waals surface area contributed by atoms with Gasteiger partial charge in [0.05, 0.1) is 15.9 Å². The highest BCUT2D eigenvalue weighted by Gasteiger charge is 2.07. The Morgan fingerprint density at radius 1 is 1.20 bits per heavy atom. The lowest BCUT2D eigenvalue weighted by Gasteiger charge is -2.06. The first-order valence-electron chi connectivity index (χ1n) is 5.85. The SMILES string of the molecule is Nc1ccc2nc(Oc3ccccc3Cl)[nH]c(=O)c2c1. The van der Waals surface area contributed by atoms with Crippen LogP contribution >= 0.6 is 11.6 Å². The number of hydrogen-bond acceptors (Lipinski definition) is 4. The van der Waals surface area contributed by atoms with Crippen LogP contribution in [0.1, 0.15) is 0 Å². The van der Waals surface area contributed by atoms with Crippen molar-refractivity contribution < 1.29 is 4.74 Å². The Hall–Kier alpha value is -2.53. The van der Waals surface area contributed by atoms with E-state index in [2.05, 4.69) is 9.97 Å². The van der Waals surface area contributed by atoms with Gasteiger partial charge in [-0.3, -0.25) is 9.78 Å². The number of para-hydroxylation sites is 1.